The molecule has 3 aromatic rings. The summed E-state index contributed by atoms with van der Waals surface area (Å²) in [6, 6.07) is 17.4. The van der Waals surface area contributed by atoms with Gasteiger partial charge in [-0.25, -0.2) is 4.79 Å². The van der Waals surface area contributed by atoms with Gasteiger partial charge in [0.1, 0.15) is 16.4 Å². The predicted molar refractivity (Wildman–Crippen MR) is 127 cm³/mol. The average molecular weight is 484 g/mol. The molecule has 1 N–H and O–H groups in total. The van der Waals surface area contributed by atoms with E-state index >= 15 is 0 Å². The summed E-state index contributed by atoms with van der Waals surface area (Å²) in [5, 5.41) is 2.63. The first-order valence-corrected chi connectivity index (χ1v) is 11.9. The van der Waals surface area contributed by atoms with Crippen molar-refractivity contribution >= 4 is 27.7 Å². The van der Waals surface area contributed by atoms with Crippen LogP contribution in [0.15, 0.2) is 71.6 Å². The number of hydrogen-bond donors (Lipinski definition) is 1. The molecule has 9 heteroatoms. The first kappa shape index (κ1) is 24.8. The van der Waals surface area contributed by atoms with E-state index < -0.39 is 28.6 Å². The van der Waals surface area contributed by atoms with Crippen molar-refractivity contribution in [1.29, 1.82) is 0 Å². The predicted octanol–water partition coefficient (Wildman–Crippen LogP) is 4.27. The smallest absolute Gasteiger partial charge is 0.339 e. The fourth-order valence-electron chi connectivity index (χ4n) is 3.05. The molecule has 0 radical (unpaired) electrons. The van der Waals surface area contributed by atoms with Crippen LogP contribution in [0, 0.1) is 13.8 Å². The fraction of sp³-hybridized carbons (Fsp3) is 0.200. The number of carbonyl (C=O) groups is 2. The van der Waals surface area contributed by atoms with Gasteiger partial charge in [0.25, 0.3) is 5.91 Å². The molecule has 0 aliphatic carbocycles. The topological polar surface area (TPSA) is 108 Å². The molecule has 0 heterocycles. The Morgan fingerprint density at radius 2 is 1.65 bits per heavy atom. The average Bonchev–Trinajstić information content (AvgIpc) is 2.80. The third kappa shape index (κ3) is 6.35. The van der Waals surface area contributed by atoms with Crippen LogP contribution in [-0.2, 0) is 19.6 Å². The first-order valence-electron chi connectivity index (χ1n) is 10.5. The van der Waals surface area contributed by atoms with Gasteiger partial charge in [-0.3, -0.25) is 4.79 Å². The van der Waals surface area contributed by atoms with E-state index in [1.807, 2.05) is 13.0 Å². The molecule has 3 rings (SSSR count). The molecule has 8 nitrogen and oxygen atoms in total. The van der Waals surface area contributed by atoms with Gasteiger partial charge in [-0.05, 0) is 74.4 Å². The minimum absolute atomic E-state index is 0.0442. The normalized spacial score (nSPS) is 10.9. The number of aryl methyl sites for hydroxylation is 2. The number of ether oxygens (including phenoxy) is 2. The van der Waals surface area contributed by atoms with Crippen molar-refractivity contribution in [3.63, 3.8) is 0 Å². The number of amides is 1. The van der Waals surface area contributed by atoms with Crippen molar-refractivity contribution in [3.05, 3.63) is 83.4 Å². The van der Waals surface area contributed by atoms with Crippen LogP contribution in [0.5, 0.6) is 11.5 Å². The Labute approximate surface area is 198 Å². The quantitative estimate of drug-likeness (QED) is 0.358. The number of anilines is 1. The van der Waals surface area contributed by atoms with Crippen LogP contribution in [0.4, 0.5) is 5.69 Å². The lowest BCUT2D eigenvalue weighted by Gasteiger charge is -2.12. The monoisotopic (exact) mass is 483 g/mol. The first-order chi connectivity index (χ1) is 16.2. The highest BCUT2D eigenvalue weighted by Crippen LogP contribution is 2.24. The van der Waals surface area contributed by atoms with Gasteiger partial charge in [0, 0.05) is 0 Å². The van der Waals surface area contributed by atoms with Crippen LogP contribution in [-0.4, -0.2) is 33.5 Å². The SMILES string of the molecule is CCOc1ccccc1NC(=O)COC(=O)c1ccc(OS(=O)(=O)c2cc(C)ccc2C)cc1. The molecule has 0 fully saturated rings. The molecule has 0 saturated carbocycles. The Balaban J connectivity index is 1.59. The number of para-hydroxylation sites is 2. The second kappa shape index (κ2) is 10.8. The van der Waals surface area contributed by atoms with E-state index in [-0.39, 0.29) is 16.2 Å². The van der Waals surface area contributed by atoms with E-state index in [0.717, 1.165) is 5.56 Å². The summed E-state index contributed by atoms with van der Waals surface area (Å²) >= 11 is 0. The van der Waals surface area contributed by atoms with Crippen LogP contribution >= 0.6 is 0 Å². The van der Waals surface area contributed by atoms with Gasteiger partial charge in [-0.2, -0.15) is 8.42 Å². The largest absolute Gasteiger partial charge is 0.492 e. The van der Waals surface area contributed by atoms with Crippen molar-refractivity contribution in [1.82, 2.24) is 0 Å². The maximum absolute atomic E-state index is 12.6. The summed E-state index contributed by atoms with van der Waals surface area (Å²) in [4.78, 5) is 24.5. The van der Waals surface area contributed by atoms with Gasteiger partial charge in [0.05, 0.1) is 17.9 Å². The second-order valence-corrected chi connectivity index (χ2v) is 8.90. The van der Waals surface area contributed by atoms with Crippen LogP contribution in [0.3, 0.4) is 0 Å². The summed E-state index contributed by atoms with van der Waals surface area (Å²) in [5.41, 5.74) is 1.96. The Morgan fingerprint density at radius 3 is 2.35 bits per heavy atom. The number of nitrogens with one attached hydrogen (secondary N) is 1. The van der Waals surface area contributed by atoms with E-state index in [1.54, 1.807) is 44.2 Å². The second-order valence-electron chi connectivity index (χ2n) is 7.38. The number of rotatable bonds is 9. The molecule has 0 aliphatic rings. The summed E-state index contributed by atoms with van der Waals surface area (Å²) in [6.07, 6.45) is 0. The Kier molecular flexibility index (Phi) is 7.91. The Bertz CT molecular complexity index is 1280. The maximum Gasteiger partial charge on any atom is 0.339 e. The van der Waals surface area contributed by atoms with Crippen LogP contribution in [0.1, 0.15) is 28.4 Å². The molecule has 1 amide bonds. The van der Waals surface area contributed by atoms with Crippen molar-refractivity contribution in [3.8, 4) is 11.5 Å². The lowest BCUT2D eigenvalue weighted by Crippen LogP contribution is -2.21. The Hall–Kier alpha value is -3.85. The zero-order valence-electron chi connectivity index (χ0n) is 19.0. The number of hydrogen-bond acceptors (Lipinski definition) is 7. The molecular formula is C25H25NO7S. The van der Waals surface area contributed by atoms with Crippen LogP contribution in [0.25, 0.3) is 0 Å². The van der Waals surface area contributed by atoms with Gasteiger partial charge >= 0.3 is 16.1 Å². The van der Waals surface area contributed by atoms with Gasteiger partial charge in [-0.15, -0.1) is 0 Å². The number of carbonyl (C=O) groups excluding carboxylic acids is 2. The number of benzene rings is 3. The lowest BCUT2D eigenvalue weighted by molar-refractivity contribution is -0.119. The van der Waals surface area contributed by atoms with E-state index in [9.17, 15) is 18.0 Å². The third-order valence-electron chi connectivity index (χ3n) is 4.70. The van der Waals surface area contributed by atoms with Crippen molar-refractivity contribution in [2.45, 2.75) is 25.7 Å². The fourth-order valence-corrected chi connectivity index (χ4v) is 4.29. The van der Waals surface area contributed by atoms with Crippen LogP contribution in [0.2, 0.25) is 0 Å². The summed E-state index contributed by atoms with van der Waals surface area (Å²) in [5.74, 6) is -0.712. The number of esters is 1. The summed E-state index contributed by atoms with van der Waals surface area (Å²) < 4.78 is 40.9. The molecule has 0 spiro atoms. The summed E-state index contributed by atoms with van der Waals surface area (Å²) in [6.45, 7) is 5.24. The minimum atomic E-state index is -4.04. The zero-order valence-corrected chi connectivity index (χ0v) is 19.8. The van der Waals surface area contributed by atoms with E-state index in [1.165, 1.54) is 30.3 Å². The molecule has 3 aromatic carbocycles. The third-order valence-corrected chi connectivity index (χ3v) is 6.09. The highest BCUT2D eigenvalue weighted by Gasteiger charge is 2.20. The lowest BCUT2D eigenvalue weighted by atomic mass is 10.2. The van der Waals surface area contributed by atoms with Gasteiger partial charge in [0.2, 0.25) is 0 Å². The molecular weight excluding hydrogens is 458 g/mol. The standard InChI is InChI=1S/C25H25NO7S/c1-4-31-22-8-6-5-7-21(22)26-24(27)16-32-25(28)19-11-13-20(14-12-19)33-34(29,30)23-15-17(2)9-10-18(23)3/h5-15H,4,16H2,1-3H3,(H,26,27). The Morgan fingerprint density at radius 1 is 0.941 bits per heavy atom. The van der Waals surface area contributed by atoms with E-state index in [2.05, 4.69) is 5.32 Å². The molecule has 0 unspecified atom stereocenters. The van der Waals surface area contributed by atoms with Crippen LogP contribution < -0.4 is 14.2 Å². The minimum Gasteiger partial charge on any atom is -0.492 e. The van der Waals surface area contributed by atoms with Crippen molar-refractivity contribution < 1.29 is 31.7 Å². The molecule has 0 aliphatic heterocycles. The molecule has 0 bridgehead atoms. The van der Waals surface area contributed by atoms with Gasteiger partial charge < -0.3 is 19.0 Å². The van der Waals surface area contributed by atoms with Crippen molar-refractivity contribution in [2.75, 3.05) is 18.5 Å². The van der Waals surface area contributed by atoms with E-state index in [0.29, 0.717) is 23.6 Å². The van der Waals surface area contributed by atoms with Gasteiger partial charge in [0.15, 0.2) is 6.61 Å². The molecule has 0 aromatic heterocycles. The van der Waals surface area contributed by atoms with E-state index in [4.69, 9.17) is 13.7 Å². The highest BCUT2D eigenvalue weighted by molar-refractivity contribution is 7.87. The maximum atomic E-state index is 12.6. The molecule has 0 saturated heterocycles. The molecule has 34 heavy (non-hydrogen) atoms. The van der Waals surface area contributed by atoms with Gasteiger partial charge in [-0.1, -0.05) is 24.3 Å². The molecule has 178 valence electrons. The highest BCUT2D eigenvalue weighted by atomic mass is 32.2. The molecule has 0 atom stereocenters. The zero-order chi connectivity index (χ0) is 24.7. The van der Waals surface area contributed by atoms with Crippen molar-refractivity contribution in [2.24, 2.45) is 0 Å². The summed E-state index contributed by atoms with van der Waals surface area (Å²) in [7, 11) is -4.04.